The zero-order valence-corrected chi connectivity index (χ0v) is 13.7. The first-order valence-corrected chi connectivity index (χ1v) is 7.51. The monoisotopic (exact) mass is 340 g/mol. The Bertz CT molecular complexity index is 1050. The molecule has 25 heavy (non-hydrogen) atoms. The summed E-state index contributed by atoms with van der Waals surface area (Å²) in [5.41, 5.74) is 0.403. The molecule has 0 bridgehead atoms. The minimum Gasteiger partial charge on any atom is -0.497 e. The van der Waals surface area contributed by atoms with Crippen LogP contribution in [0.25, 0.3) is 10.9 Å². The first-order valence-electron chi connectivity index (χ1n) is 7.51. The van der Waals surface area contributed by atoms with E-state index in [2.05, 4.69) is 9.72 Å². The van der Waals surface area contributed by atoms with Crippen LogP contribution in [0, 0.1) is 0 Å². The normalized spacial score (nSPS) is 10.6. The van der Waals surface area contributed by atoms with Crippen molar-refractivity contribution in [3.8, 4) is 5.75 Å². The maximum atomic E-state index is 12.7. The molecule has 7 heteroatoms. The zero-order chi connectivity index (χ0) is 18.0. The van der Waals surface area contributed by atoms with Crippen LogP contribution in [0.4, 0.5) is 0 Å². The third-order valence-electron chi connectivity index (χ3n) is 3.90. The summed E-state index contributed by atoms with van der Waals surface area (Å²) in [5.74, 6) is 0.139. The van der Waals surface area contributed by atoms with E-state index >= 15 is 0 Å². The van der Waals surface area contributed by atoms with Crippen LogP contribution in [-0.4, -0.2) is 29.7 Å². The van der Waals surface area contributed by atoms with Gasteiger partial charge in [-0.05, 0) is 35.9 Å². The topological polar surface area (TPSA) is 90.4 Å². The Labute approximate surface area is 142 Å². The highest BCUT2D eigenvalue weighted by Crippen LogP contribution is 2.13. The van der Waals surface area contributed by atoms with Gasteiger partial charge in [0.25, 0.3) is 5.56 Å². The van der Waals surface area contributed by atoms with Crippen LogP contribution in [0.1, 0.15) is 15.9 Å². The number of rotatable bonds is 4. The molecule has 1 aromatic heterocycles. The standard InChI is InChI=1S/C18H16N2O5/c1-24-13-6-3-11(4-7-13)10-20-16(21)14-9-12(17(22)25-2)5-8-15(14)19-18(20)23/h3-9H,10H2,1-2H3,(H,19,23). The summed E-state index contributed by atoms with van der Waals surface area (Å²) in [6.07, 6.45) is 0. The van der Waals surface area contributed by atoms with E-state index in [0.717, 1.165) is 10.1 Å². The highest BCUT2D eigenvalue weighted by Gasteiger charge is 2.12. The highest BCUT2D eigenvalue weighted by molar-refractivity contribution is 5.94. The second-order valence-electron chi connectivity index (χ2n) is 5.42. The fraction of sp³-hybridized carbons (Fsp3) is 0.167. The van der Waals surface area contributed by atoms with E-state index in [1.54, 1.807) is 31.4 Å². The molecule has 128 valence electrons. The number of hydrogen-bond donors (Lipinski definition) is 1. The molecule has 3 rings (SSSR count). The number of esters is 1. The van der Waals surface area contributed by atoms with Gasteiger partial charge in [0.2, 0.25) is 0 Å². The summed E-state index contributed by atoms with van der Waals surface area (Å²) in [6, 6.07) is 11.5. The van der Waals surface area contributed by atoms with Gasteiger partial charge < -0.3 is 14.5 Å². The predicted octanol–water partition coefficient (Wildman–Crippen LogP) is 1.53. The summed E-state index contributed by atoms with van der Waals surface area (Å²) in [4.78, 5) is 39.3. The van der Waals surface area contributed by atoms with Crippen LogP contribution < -0.4 is 16.0 Å². The van der Waals surface area contributed by atoms with Gasteiger partial charge in [-0.15, -0.1) is 0 Å². The molecule has 1 N–H and O–H groups in total. The van der Waals surface area contributed by atoms with Crippen molar-refractivity contribution >= 4 is 16.9 Å². The van der Waals surface area contributed by atoms with Crippen molar-refractivity contribution in [3.63, 3.8) is 0 Å². The second-order valence-corrected chi connectivity index (χ2v) is 5.42. The van der Waals surface area contributed by atoms with Gasteiger partial charge in [0.15, 0.2) is 0 Å². The minimum atomic E-state index is -0.547. The van der Waals surface area contributed by atoms with Crippen molar-refractivity contribution in [1.82, 2.24) is 9.55 Å². The summed E-state index contributed by atoms with van der Waals surface area (Å²) in [5, 5.41) is 0.246. The fourth-order valence-corrected chi connectivity index (χ4v) is 2.55. The molecule has 0 aliphatic heterocycles. The molecule has 2 aromatic carbocycles. The van der Waals surface area contributed by atoms with E-state index in [4.69, 9.17) is 4.74 Å². The Balaban J connectivity index is 2.09. The Morgan fingerprint density at radius 2 is 1.80 bits per heavy atom. The lowest BCUT2D eigenvalue weighted by molar-refractivity contribution is 0.0601. The molecule has 7 nitrogen and oxygen atoms in total. The summed E-state index contributed by atoms with van der Waals surface area (Å²) in [6.45, 7) is 0.108. The summed E-state index contributed by atoms with van der Waals surface area (Å²) in [7, 11) is 2.83. The molecule has 0 saturated carbocycles. The Morgan fingerprint density at radius 3 is 2.44 bits per heavy atom. The molecule has 0 amide bonds. The maximum absolute atomic E-state index is 12.7. The average Bonchev–Trinajstić information content (AvgIpc) is 2.64. The molecule has 0 spiro atoms. The molecular weight excluding hydrogens is 324 g/mol. The van der Waals surface area contributed by atoms with Crippen LogP contribution in [0.5, 0.6) is 5.75 Å². The van der Waals surface area contributed by atoms with Gasteiger partial charge in [-0.3, -0.25) is 9.36 Å². The third kappa shape index (κ3) is 3.16. The van der Waals surface area contributed by atoms with Crippen molar-refractivity contribution in [3.05, 3.63) is 74.4 Å². The number of ether oxygens (including phenoxy) is 2. The quantitative estimate of drug-likeness (QED) is 0.728. The van der Waals surface area contributed by atoms with Crippen molar-refractivity contribution in [2.24, 2.45) is 0 Å². The average molecular weight is 340 g/mol. The van der Waals surface area contributed by atoms with Crippen molar-refractivity contribution < 1.29 is 14.3 Å². The first-order chi connectivity index (χ1) is 12.0. The van der Waals surface area contributed by atoms with Crippen LogP contribution >= 0.6 is 0 Å². The number of fused-ring (bicyclic) bond motifs is 1. The van der Waals surface area contributed by atoms with Crippen LogP contribution in [0.15, 0.2) is 52.1 Å². The smallest absolute Gasteiger partial charge is 0.337 e. The van der Waals surface area contributed by atoms with Gasteiger partial charge in [-0.1, -0.05) is 12.1 Å². The van der Waals surface area contributed by atoms with Gasteiger partial charge >= 0.3 is 11.7 Å². The Morgan fingerprint density at radius 1 is 1.08 bits per heavy atom. The molecule has 0 aliphatic rings. The number of hydrogen-bond acceptors (Lipinski definition) is 5. The van der Waals surface area contributed by atoms with Gasteiger partial charge in [-0.2, -0.15) is 0 Å². The maximum Gasteiger partial charge on any atom is 0.337 e. The van der Waals surface area contributed by atoms with Crippen LogP contribution in [0.2, 0.25) is 0 Å². The molecule has 0 atom stereocenters. The van der Waals surface area contributed by atoms with Crippen molar-refractivity contribution in [2.75, 3.05) is 14.2 Å². The SMILES string of the molecule is COC(=O)c1ccc2[nH]c(=O)n(Cc3ccc(OC)cc3)c(=O)c2c1. The lowest BCUT2D eigenvalue weighted by Gasteiger charge is -2.08. The molecular formula is C18H16N2O5. The van der Waals surface area contributed by atoms with E-state index in [1.807, 2.05) is 0 Å². The Kier molecular flexibility index (Phi) is 4.38. The molecule has 0 aliphatic carbocycles. The number of aromatic amines is 1. The number of aromatic nitrogens is 2. The molecule has 1 heterocycles. The number of methoxy groups -OCH3 is 2. The van der Waals surface area contributed by atoms with Gasteiger partial charge in [-0.25, -0.2) is 9.59 Å². The Hall–Kier alpha value is -3.35. The lowest BCUT2D eigenvalue weighted by Crippen LogP contribution is -2.35. The van der Waals surface area contributed by atoms with Gasteiger partial charge in [0.1, 0.15) is 5.75 Å². The number of nitrogens with one attached hydrogen (secondary N) is 1. The van der Waals surface area contributed by atoms with Gasteiger partial charge in [0, 0.05) is 0 Å². The molecule has 0 radical (unpaired) electrons. The zero-order valence-electron chi connectivity index (χ0n) is 13.7. The van der Waals surface area contributed by atoms with E-state index in [1.165, 1.54) is 25.3 Å². The van der Waals surface area contributed by atoms with E-state index < -0.39 is 17.2 Å². The number of H-pyrrole nitrogens is 1. The van der Waals surface area contributed by atoms with Crippen molar-refractivity contribution in [2.45, 2.75) is 6.54 Å². The lowest BCUT2D eigenvalue weighted by atomic mass is 10.1. The predicted molar refractivity (Wildman–Crippen MR) is 92.3 cm³/mol. The third-order valence-corrected chi connectivity index (χ3v) is 3.90. The van der Waals surface area contributed by atoms with Crippen LogP contribution in [0.3, 0.4) is 0 Å². The highest BCUT2D eigenvalue weighted by atomic mass is 16.5. The van der Waals surface area contributed by atoms with E-state index in [0.29, 0.717) is 11.3 Å². The van der Waals surface area contributed by atoms with E-state index in [9.17, 15) is 14.4 Å². The number of benzene rings is 2. The molecule has 0 saturated heterocycles. The molecule has 3 aromatic rings. The fourth-order valence-electron chi connectivity index (χ4n) is 2.55. The minimum absolute atomic E-state index is 0.108. The van der Waals surface area contributed by atoms with Crippen LogP contribution in [-0.2, 0) is 11.3 Å². The largest absolute Gasteiger partial charge is 0.497 e. The molecule has 0 unspecified atom stereocenters. The van der Waals surface area contributed by atoms with Crippen molar-refractivity contribution in [1.29, 1.82) is 0 Å². The molecule has 0 fully saturated rings. The second kappa shape index (κ2) is 6.64. The summed E-state index contributed by atoms with van der Waals surface area (Å²) >= 11 is 0. The number of nitrogens with zero attached hydrogens (tertiary/aromatic N) is 1. The number of carbonyl (C=O) groups excluding carboxylic acids is 1. The first kappa shape index (κ1) is 16.5. The van der Waals surface area contributed by atoms with E-state index in [-0.39, 0.29) is 17.5 Å². The van der Waals surface area contributed by atoms with Gasteiger partial charge in [0.05, 0.1) is 37.2 Å². The number of carbonyl (C=O) groups is 1. The summed E-state index contributed by atoms with van der Waals surface area (Å²) < 4.78 is 10.8.